The monoisotopic (exact) mass is 367 g/mol. The van der Waals surface area contributed by atoms with Gasteiger partial charge in [-0.3, -0.25) is 4.79 Å². The van der Waals surface area contributed by atoms with Crippen molar-refractivity contribution in [3.8, 4) is 17.4 Å². The third-order valence-corrected chi connectivity index (χ3v) is 5.56. The molecule has 3 N–H and O–H groups in total. The van der Waals surface area contributed by atoms with E-state index in [4.69, 9.17) is 0 Å². The Morgan fingerprint density at radius 2 is 1.78 bits per heavy atom. The summed E-state index contributed by atoms with van der Waals surface area (Å²) < 4.78 is 15.5. The van der Waals surface area contributed by atoms with Crippen LogP contribution in [0.25, 0.3) is 5.69 Å². The van der Waals surface area contributed by atoms with Gasteiger partial charge in [0.2, 0.25) is 11.8 Å². The Kier molecular flexibility index (Phi) is 3.40. The van der Waals surface area contributed by atoms with Crippen LogP contribution in [0.4, 0.5) is 4.39 Å². The van der Waals surface area contributed by atoms with Gasteiger partial charge in [-0.25, -0.2) is 14.1 Å². The van der Waals surface area contributed by atoms with Crippen molar-refractivity contribution in [2.45, 2.75) is 38.5 Å². The van der Waals surface area contributed by atoms with Gasteiger partial charge in [0.1, 0.15) is 5.82 Å². The molecule has 0 aliphatic heterocycles. The lowest BCUT2D eigenvalue weighted by Crippen LogP contribution is -2.23. The first kappa shape index (κ1) is 16.1. The molecule has 6 nitrogen and oxygen atoms in total. The number of halogens is 1. The van der Waals surface area contributed by atoms with E-state index in [2.05, 4.69) is 10.2 Å². The van der Waals surface area contributed by atoms with Crippen LogP contribution < -0.4 is 5.56 Å². The second-order valence-corrected chi connectivity index (χ2v) is 7.24. The molecular formula is C20H18FN3O3. The van der Waals surface area contributed by atoms with Crippen molar-refractivity contribution in [3.63, 3.8) is 0 Å². The summed E-state index contributed by atoms with van der Waals surface area (Å²) in [6.07, 6.45) is 4.58. The van der Waals surface area contributed by atoms with Crippen LogP contribution in [-0.4, -0.2) is 25.0 Å². The number of benzene rings is 1. The molecule has 0 fully saturated rings. The van der Waals surface area contributed by atoms with Crippen molar-refractivity contribution in [2.75, 3.05) is 0 Å². The van der Waals surface area contributed by atoms with Gasteiger partial charge in [0.25, 0.3) is 5.56 Å². The maximum Gasteiger partial charge on any atom is 0.267 e. The number of hydrogen-bond acceptors (Lipinski definition) is 4. The molecule has 0 saturated carbocycles. The van der Waals surface area contributed by atoms with Crippen molar-refractivity contribution < 1.29 is 14.6 Å². The van der Waals surface area contributed by atoms with Crippen LogP contribution in [0.3, 0.4) is 0 Å². The molecule has 7 heteroatoms. The van der Waals surface area contributed by atoms with Gasteiger partial charge in [0.15, 0.2) is 0 Å². The number of nitrogens with zero attached hydrogens (tertiary/aromatic N) is 2. The Bertz CT molecular complexity index is 1120. The van der Waals surface area contributed by atoms with Crippen molar-refractivity contribution >= 4 is 0 Å². The van der Waals surface area contributed by atoms with Crippen LogP contribution in [0.2, 0.25) is 0 Å². The molecule has 5 rings (SSSR count). The summed E-state index contributed by atoms with van der Waals surface area (Å²) in [6.45, 7) is 0. The minimum absolute atomic E-state index is 0.105. The normalized spacial score (nSPS) is 14.7. The predicted octanol–water partition coefficient (Wildman–Crippen LogP) is 2.48. The molecule has 0 atom stereocenters. The number of hydrogen-bond donors (Lipinski definition) is 3. The number of rotatable bonds is 3. The number of H-pyrrole nitrogens is 1. The van der Waals surface area contributed by atoms with Crippen LogP contribution >= 0.6 is 0 Å². The molecule has 0 amide bonds. The van der Waals surface area contributed by atoms with Gasteiger partial charge in [-0.2, -0.15) is 5.10 Å². The fourth-order valence-corrected chi connectivity index (χ4v) is 4.07. The third-order valence-electron chi connectivity index (χ3n) is 5.56. The van der Waals surface area contributed by atoms with Crippen LogP contribution in [0, 0.1) is 5.82 Å². The van der Waals surface area contributed by atoms with E-state index in [9.17, 15) is 19.4 Å². The summed E-state index contributed by atoms with van der Waals surface area (Å²) in [5.74, 6) is -0.757. The molecule has 2 aliphatic carbocycles. The maximum absolute atomic E-state index is 14.4. The predicted molar refractivity (Wildman–Crippen MR) is 96.2 cm³/mol. The highest BCUT2D eigenvalue weighted by Gasteiger charge is 2.34. The fourth-order valence-electron chi connectivity index (χ4n) is 4.07. The lowest BCUT2D eigenvalue weighted by molar-refractivity contribution is 0.392. The Morgan fingerprint density at radius 3 is 2.52 bits per heavy atom. The van der Waals surface area contributed by atoms with E-state index in [-0.39, 0.29) is 23.0 Å². The average Bonchev–Trinajstić information content (AvgIpc) is 3.43. The third kappa shape index (κ3) is 2.45. The van der Waals surface area contributed by atoms with Crippen LogP contribution in [0.5, 0.6) is 11.8 Å². The maximum atomic E-state index is 14.4. The first-order chi connectivity index (χ1) is 13.0. The zero-order valence-corrected chi connectivity index (χ0v) is 14.5. The molecule has 27 heavy (non-hydrogen) atoms. The van der Waals surface area contributed by atoms with Crippen molar-refractivity contribution in [3.05, 3.63) is 67.9 Å². The summed E-state index contributed by atoms with van der Waals surface area (Å²) >= 11 is 0. The molecule has 0 saturated heterocycles. The number of aromatic nitrogens is 3. The molecule has 1 aromatic carbocycles. The van der Waals surface area contributed by atoms with Crippen LogP contribution in [0.15, 0.2) is 23.0 Å². The minimum atomic E-state index is -0.532. The van der Waals surface area contributed by atoms with Gasteiger partial charge in [-0.1, -0.05) is 6.07 Å². The average molecular weight is 367 g/mol. The molecule has 2 aromatic heterocycles. The number of nitrogens with one attached hydrogen (secondary N) is 1. The van der Waals surface area contributed by atoms with E-state index in [1.807, 2.05) is 0 Å². The molecule has 138 valence electrons. The SMILES string of the molecule is O=c1[nH]nc(Cc2ccc(F)c(-n3c(O)c4c(c3O)C4)c2)c2c1CCCC2. The van der Waals surface area contributed by atoms with Gasteiger partial charge in [-0.05, 0) is 48.9 Å². The van der Waals surface area contributed by atoms with Gasteiger partial charge in [0.05, 0.1) is 11.4 Å². The van der Waals surface area contributed by atoms with E-state index in [1.54, 1.807) is 12.1 Å². The number of fused-ring (bicyclic) bond motifs is 2. The van der Waals surface area contributed by atoms with E-state index in [0.717, 1.165) is 52.6 Å². The van der Waals surface area contributed by atoms with E-state index < -0.39 is 5.82 Å². The largest absolute Gasteiger partial charge is 0.494 e. The molecule has 0 radical (unpaired) electrons. The second-order valence-electron chi connectivity index (χ2n) is 7.24. The highest BCUT2D eigenvalue weighted by Crippen LogP contribution is 2.48. The molecule has 3 aromatic rings. The molecule has 0 spiro atoms. The summed E-state index contributed by atoms with van der Waals surface area (Å²) in [5.41, 5.74) is 4.67. The van der Waals surface area contributed by atoms with E-state index in [0.29, 0.717) is 24.0 Å². The summed E-state index contributed by atoms with van der Waals surface area (Å²) in [7, 11) is 0. The van der Waals surface area contributed by atoms with Crippen LogP contribution in [-0.2, 0) is 25.7 Å². The second kappa shape index (κ2) is 5.70. The zero-order chi connectivity index (χ0) is 18.7. The lowest BCUT2D eigenvalue weighted by Gasteiger charge is -2.17. The highest BCUT2D eigenvalue weighted by atomic mass is 19.1. The Labute approximate surface area is 153 Å². The van der Waals surface area contributed by atoms with E-state index in [1.165, 1.54) is 6.07 Å². The molecule has 2 heterocycles. The summed E-state index contributed by atoms with van der Waals surface area (Å²) in [6, 6.07) is 4.59. The molecular weight excluding hydrogens is 349 g/mol. The fraction of sp³-hybridized carbons (Fsp3) is 0.300. The minimum Gasteiger partial charge on any atom is -0.494 e. The topological polar surface area (TPSA) is 91.1 Å². The summed E-state index contributed by atoms with van der Waals surface area (Å²) in [5, 5.41) is 27.2. The van der Waals surface area contributed by atoms with Crippen molar-refractivity contribution in [1.29, 1.82) is 0 Å². The number of aromatic amines is 1. The smallest absolute Gasteiger partial charge is 0.267 e. The standard InChI is InChI=1S/C20H18FN3O3/c21-15-6-5-10(8-17(15)24-19(26)13-9-14(13)20(24)27)7-16-11-3-1-2-4-12(11)18(25)23-22-16/h5-6,8,26-27H,1-4,7,9H2,(H,23,25). The lowest BCUT2D eigenvalue weighted by atomic mass is 9.90. The van der Waals surface area contributed by atoms with Gasteiger partial charge in [-0.15, -0.1) is 0 Å². The first-order valence-electron chi connectivity index (χ1n) is 9.07. The van der Waals surface area contributed by atoms with E-state index >= 15 is 0 Å². The van der Waals surface area contributed by atoms with Crippen molar-refractivity contribution in [2.24, 2.45) is 0 Å². The summed E-state index contributed by atoms with van der Waals surface area (Å²) in [4.78, 5) is 12.0. The Hall–Kier alpha value is -3.09. The molecule has 0 bridgehead atoms. The van der Waals surface area contributed by atoms with Gasteiger partial charge in [0, 0.05) is 29.5 Å². The number of aromatic hydroxyl groups is 2. The van der Waals surface area contributed by atoms with Crippen LogP contribution in [0.1, 0.15) is 46.4 Å². The Morgan fingerprint density at radius 1 is 1.07 bits per heavy atom. The quantitative estimate of drug-likeness (QED) is 0.519. The van der Waals surface area contributed by atoms with Crippen molar-refractivity contribution in [1.82, 2.24) is 14.8 Å². The highest BCUT2D eigenvalue weighted by molar-refractivity contribution is 5.63. The van der Waals surface area contributed by atoms with Gasteiger partial charge < -0.3 is 10.2 Å². The zero-order valence-electron chi connectivity index (χ0n) is 14.5. The van der Waals surface area contributed by atoms with Gasteiger partial charge >= 0.3 is 0 Å². The molecule has 2 aliphatic rings. The molecule has 0 unspecified atom stereocenters. The first-order valence-corrected chi connectivity index (χ1v) is 9.07. The Balaban J connectivity index is 1.56.